The van der Waals surface area contributed by atoms with E-state index in [1.54, 1.807) is 4.68 Å². The molecule has 2 atom stereocenters. The van der Waals surface area contributed by atoms with Gasteiger partial charge in [-0.3, -0.25) is 14.4 Å². The number of piperidine rings is 1. The second-order valence-electron chi connectivity index (χ2n) is 8.46. The summed E-state index contributed by atoms with van der Waals surface area (Å²) in [7, 11) is 1.88. The van der Waals surface area contributed by atoms with Gasteiger partial charge in [-0.25, -0.2) is 0 Å². The second-order valence-corrected chi connectivity index (χ2v) is 8.46. The number of fused-ring (bicyclic) bond motifs is 4. The lowest BCUT2D eigenvalue weighted by molar-refractivity contribution is 0.0725. The predicted molar refractivity (Wildman–Crippen MR) is 107 cm³/mol. The largest absolute Gasteiger partial charge is 0.335 e. The van der Waals surface area contributed by atoms with Crippen molar-refractivity contribution in [1.82, 2.24) is 19.6 Å². The van der Waals surface area contributed by atoms with Crippen LogP contribution in [0.2, 0.25) is 0 Å². The van der Waals surface area contributed by atoms with Crippen LogP contribution in [-0.2, 0) is 13.6 Å². The fourth-order valence-electron chi connectivity index (χ4n) is 4.49. The van der Waals surface area contributed by atoms with Gasteiger partial charge in [-0.05, 0) is 36.3 Å². The van der Waals surface area contributed by atoms with Gasteiger partial charge >= 0.3 is 0 Å². The molecule has 0 radical (unpaired) electrons. The Kier molecular flexibility index (Phi) is 5.04. The molecule has 5 rings (SSSR count). The van der Waals surface area contributed by atoms with Gasteiger partial charge in [0.1, 0.15) is 5.69 Å². The topological polar surface area (TPSA) is 41.4 Å². The Morgan fingerprint density at radius 1 is 1.15 bits per heavy atom. The van der Waals surface area contributed by atoms with E-state index in [4.69, 9.17) is 0 Å². The number of amides is 1. The molecule has 1 aromatic heterocycles. The molecule has 0 saturated carbocycles. The highest BCUT2D eigenvalue weighted by atomic mass is 16.2. The van der Waals surface area contributed by atoms with Crippen LogP contribution in [0.3, 0.4) is 0 Å². The average Bonchev–Trinajstić information content (AvgIpc) is 2.84. The third kappa shape index (κ3) is 3.79. The monoisotopic (exact) mass is 366 g/mol. The van der Waals surface area contributed by atoms with Crippen LogP contribution in [0.1, 0.15) is 54.4 Å². The Morgan fingerprint density at radius 2 is 1.93 bits per heavy atom. The molecule has 1 amide bonds. The van der Waals surface area contributed by atoms with Gasteiger partial charge in [0, 0.05) is 39.3 Å². The Labute approximate surface area is 162 Å². The summed E-state index contributed by atoms with van der Waals surface area (Å²) in [5.74, 6) is 1.03. The molecule has 4 heterocycles. The van der Waals surface area contributed by atoms with E-state index in [0.29, 0.717) is 17.9 Å². The first kappa shape index (κ1) is 18.2. The van der Waals surface area contributed by atoms with Crippen molar-refractivity contribution >= 4 is 5.91 Å². The summed E-state index contributed by atoms with van der Waals surface area (Å²) < 4.78 is 1.76. The van der Waals surface area contributed by atoms with Gasteiger partial charge in [0.15, 0.2) is 0 Å². The lowest BCUT2D eigenvalue weighted by atomic mass is 9.94. The van der Waals surface area contributed by atoms with Crippen LogP contribution < -0.4 is 0 Å². The Balaban J connectivity index is 1.50. The molecule has 0 unspecified atom stereocenters. The van der Waals surface area contributed by atoms with Crippen molar-refractivity contribution in [2.75, 3.05) is 19.6 Å². The molecule has 0 aliphatic carbocycles. The molecule has 2 bridgehead atoms. The quantitative estimate of drug-likeness (QED) is 0.834. The van der Waals surface area contributed by atoms with Crippen molar-refractivity contribution in [2.24, 2.45) is 13.0 Å². The third-order valence-electron chi connectivity index (χ3n) is 6.05. The molecule has 3 fully saturated rings. The molecule has 0 spiro atoms. The molecule has 2 aromatic rings. The Bertz CT molecular complexity index is 798. The van der Waals surface area contributed by atoms with E-state index in [-0.39, 0.29) is 5.91 Å². The zero-order valence-electron chi connectivity index (χ0n) is 16.6. The van der Waals surface area contributed by atoms with E-state index in [1.807, 2.05) is 13.1 Å². The maximum absolute atomic E-state index is 13.2. The standard InChI is InChI=1S/C22H30N4O/c1-16(2)20-11-21(24(3)23-20)22(27)26-14-18-9-10-19(15-26)25(13-18)12-17-7-5-4-6-8-17/h4-8,11,16,18-19H,9-10,12-15H2,1-3H3/t18-,19-/m0/s1. The number of hydrogen-bond donors (Lipinski definition) is 0. The summed E-state index contributed by atoms with van der Waals surface area (Å²) >= 11 is 0. The number of hydrogen-bond acceptors (Lipinski definition) is 3. The molecule has 3 saturated heterocycles. The highest BCUT2D eigenvalue weighted by Gasteiger charge is 2.37. The van der Waals surface area contributed by atoms with E-state index in [0.717, 1.165) is 37.6 Å². The number of rotatable bonds is 4. The van der Waals surface area contributed by atoms with Crippen LogP contribution in [-0.4, -0.2) is 51.2 Å². The van der Waals surface area contributed by atoms with Gasteiger partial charge in [0.25, 0.3) is 5.91 Å². The first-order chi connectivity index (χ1) is 13.0. The first-order valence-corrected chi connectivity index (χ1v) is 10.1. The second kappa shape index (κ2) is 7.47. The minimum Gasteiger partial charge on any atom is -0.335 e. The van der Waals surface area contributed by atoms with Crippen molar-refractivity contribution in [3.8, 4) is 0 Å². The minimum absolute atomic E-state index is 0.135. The molecule has 3 aliphatic heterocycles. The van der Waals surface area contributed by atoms with Crippen molar-refractivity contribution in [3.63, 3.8) is 0 Å². The first-order valence-electron chi connectivity index (χ1n) is 10.1. The number of nitrogens with zero attached hydrogens (tertiary/aromatic N) is 4. The Hall–Kier alpha value is -2.14. The van der Waals surface area contributed by atoms with Crippen molar-refractivity contribution in [3.05, 3.63) is 53.3 Å². The number of carbonyl (C=O) groups is 1. The van der Waals surface area contributed by atoms with E-state index < -0.39 is 0 Å². The smallest absolute Gasteiger partial charge is 0.272 e. The fraction of sp³-hybridized carbons (Fsp3) is 0.545. The van der Waals surface area contributed by atoms with E-state index in [1.165, 1.54) is 18.4 Å². The van der Waals surface area contributed by atoms with E-state index >= 15 is 0 Å². The van der Waals surface area contributed by atoms with E-state index in [2.05, 4.69) is 59.1 Å². The molecule has 5 heteroatoms. The van der Waals surface area contributed by atoms with Gasteiger partial charge in [-0.1, -0.05) is 44.2 Å². The van der Waals surface area contributed by atoms with Crippen LogP contribution >= 0.6 is 0 Å². The molecular weight excluding hydrogens is 336 g/mol. The summed E-state index contributed by atoms with van der Waals surface area (Å²) in [4.78, 5) is 17.9. The zero-order valence-corrected chi connectivity index (χ0v) is 16.6. The maximum Gasteiger partial charge on any atom is 0.272 e. The normalized spacial score (nSPS) is 23.0. The molecule has 1 aromatic carbocycles. The number of benzene rings is 1. The molecule has 0 N–H and O–H groups in total. The molecule has 5 nitrogen and oxygen atoms in total. The van der Waals surface area contributed by atoms with Crippen LogP contribution in [0.25, 0.3) is 0 Å². The van der Waals surface area contributed by atoms with Crippen LogP contribution in [0, 0.1) is 5.92 Å². The summed E-state index contributed by atoms with van der Waals surface area (Å²) in [6.07, 6.45) is 2.41. The fourth-order valence-corrected chi connectivity index (χ4v) is 4.49. The van der Waals surface area contributed by atoms with Crippen LogP contribution in [0.15, 0.2) is 36.4 Å². The lowest BCUT2D eigenvalue weighted by Crippen LogP contribution is -2.44. The minimum atomic E-state index is 0.135. The highest BCUT2D eigenvalue weighted by molar-refractivity contribution is 5.92. The maximum atomic E-state index is 13.2. The average molecular weight is 367 g/mol. The van der Waals surface area contributed by atoms with Crippen LogP contribution in [0.5, 0.6) is 0 Å². The molecule has 27 heavy (non-hydrogen) atoms. The van der Waals surface area contributed by atoms with E-state index in [9.17, 15) is 4.79 Å². The van der Waals surface area contributed by atoms with Crippen molar-refractivity contribution < 1.29 is 4.79 Å². The predicted octanol–water partition coefficient (Wildman–Crippen LogP) is 3.28. The lowest BCUT2D eigenvalue weighted by Gasteiger charge is -2.36. The van der Waals surface area contributed by atoms with Gasteiger partial charge < -0.3 is 4.90 Å². The van der Waals surface area contributed by atoms with Gasteiger partial charge in [0.2, 0.25) is 0 Å². The highest BCUT2D eigenvalue weighted by Crippen LogP contribution is 2.30. The molecule has 3 aliphatic rings. The van der Waals surface area contributed by atoms with Gasteiger partial charge in [0.05, 0.1) is 5.69 Å². The van der Waals surface area contributed by atoms with Crippen LogP contribution in [0.4, 0.5) is 0 Å². The Morgan fingerprint density at radius 3 is 2.63 bits per heavy atom. The summed E-state index contributed by atoms with van der Waals surface area (Å²) in [5, 5.41) is 4.53. The number of aromatic nitrogens is 2. The summed E-state index contributed by atoms with van der Waals surface area (Å²) in [5.41, 5.74) is 3.06. The van der Waals surface area contributed by atoms with Gasteiger partial charge in [-0.2, -0.15) is 5.10 Å². The third-order valence-corrected chi connectivity index (χ3v) is 6.05. The van der Waals surface area contributed by atoms with Crippen molar-refractivity contribution in [2.45, 2.75) is 45.2 Å². The number of aryl methyl sites for hydroxylation is 1. The number of carbonyl (C=O) groups excluding carboxylic acids is 1. The molecule has 144 valence electrons. The summed E-state index contributed by atoms with van der Waals surface area (Å²) in [6.45, 7) is 7.99. The zero-order chi connectivity index (χ0) is 19.0. The van der Waals surface area contributed by atoms with Crippen molar-refractivity contribution in [1.29, 1.82) is 0 Å². The summed E-state index contributed by atoms with van der Waals surface area (Å²) in [6, 6.07) is 13.1. The SMILES string of the molecule is CC(C)c1cc(C(=O)N2C[C@H]3CC[C@@H](C2)N(Cc2ccccc2)C3)n(C)n1. The molecular formula is C22H30N4O. The van der Waals surface area contributed by atoms with Gasteiger partial charge in [-0.15, -0.1) is 0 Å².